The fourth-order valence-electron chi connectivity index (χ4n) is 1.89. The summed E-state index contributed by atoms with van der Waals surface area (Å²) in [5.41, 5.74) is 0.711. The van der Waals surface area contributed by atoms with E-state index in [4.69, 9.17) is 5.11 Å². The molecule has 0 fully saturated rings. The number of aromatic amines is 1. The number of non-ortho nitro benzene ring substituents is 1. The van der Waals surface area contributed by atoms with Crippen molar-refractivity contribution in [1.82, 2.24) is 4.98 Å². The number of hydrogen-bond acceptors (Lipinski definition) is 4. The summed E-state index contributed by atoms with van der Waals surface area (Å²) in [6.45, 7) is 2.70. The minimum Gasteiger partial charge on any atom is -0.477 e. The van der Waals surface area contributed by atoms with E-state index >= 15 is 0 Å². The van der Waals surface area contributed by atoms with E-state index in [0.717, 1.165) is 6.42 Å². The van der Waals surface area contributed by atoms with Crippen LogP contribution in [0.25, 0.3) is 10.9 Å². The molecule has 0 aliphatic rings. The van der Waals surface area contributed by atoms with Crippen molar-refractivity contribution in [3.05, 3.63) is 34.0 Å². The van der Waals surface area contributed by atoms with Crippen LogP contribution in [0.4, 0.5) is 11.4 Å². The molecule has 0 saturated carbocycles. The molecule has 0 radical (unpaired) electrons. The van der Waals surface area contributed by atoms with Gasteiger partial charge in [-0.2, -0.15) is 0 Å². The highest BCUT2D eigenvalue weighted by molar-refractivity contribution is 6.02. The maximum Gasteiger partial charge on any atom is 0.352 e. The first-order valence-corrected chi connectivity index (χ1v) is 5.82. The second-order valence-electron chi connectivity index (χ2n) is 4.09. The van der Waals surface area contributed by atoms with Crippen molar-refractivity contribution in [2.24, 2.45) is 0 Å². The predicted octanol–water partition coefficient (Wildman–Crippen LogP) is 2.60. The summed E-state index contributed by atoms with van der Waals surface area (Å²) in [5.74, 6) is -1.15. The van der Waals surface area contributed by atoms with Crippen LogP contribution in [0, 0.1) is 10.1 Å². The molecule has 19 heavy (non-hydrogen) atoms. The number of nitrogens with one attached hydrogen (secondary N) is 2. The normalized spacial score (nSPS) is 10.6. The largest absolute Gasteiger partial charge is 0.477 e. The summed E-state index contributed by atoms with van der Waals surface area (Å²) in [5, 5.41) is 23.5. The molecule has 0 aliphatic heterocycles. The molecule has 0 atom stereocenters. The average molecular weight is 263 g/mol. The SMILES string of the molecule is CCCNc1ccc([N+](=O)[O-])c2[nH]c(C(=O)O)cc12. The number of anilines is 1. The second-order valence-corrected chi connectivity index (χ2v) is 4.09. The topological polar surface area (TPSA) is 108 Å². The monoisotopic (exact) mass is 263 g/mol. The van der Waals surface area contributed by atoms with Crippen molar-refractivity contribution < 1.29 is 14.8 Å². The van der Waals surface area contributed by atoms with Gasteiger partial charge in [-0.15, -0.1) is 0 Å². The Morgan fingerprint density at radius 2 is 2.26 bits per heavy atom. The van der Waals surface area contributed by atoms with Gasteiger partial charge in [0.05, 0.1) is 4.92 Å². The van der Waals surface area contributed by atoms with E-state index in [1.165, 1.54) is 12.1 Å². The molecule has 0 saturated heterocycles. The number of carboxylic acids is 1. The molecule has 3 N–H and O–H groups in total. The van der Waals surface area contributed by atoms with Gasteiger partial charge in [0.25, 0.3) is 5.69 Å². The number of rotatable bonds is 5. The number of H-pyrrole nitrogens is 1. The van der Waals surface area contributed by atoms with Crippen LogP contribution in [0.2, 0.25) is 0 Å². The molecule has 1 heterocycles. The van der Waals surface area contributed by atoms with Crippen molar-refractivity contribution in [3.8, 4) is 0 Å². The Bertz CT molecular complexity index is 648. The summed E-state index contributed by atoms with van der Waals surface area (Å²) in [7, 11) is 0. The zero-order chi connectivity index (χ0) is 14.0. The third-order valence-electron chi connectivity index (χ3n) is 2.76. The Morgan fingerprint density at radius 3 is 2.84 bits per heavy atom. The summed E-state index contributed by atoms with van der Waals surface area (Å²) in [4.78, 5) is 23.9. The fraction of sp³-hybridized carbons (Fsp3) is 0.250. The van der Waals surface area contributed by atoms with Crippen LogP contribution in [-0.2, 0) is 0 Å². The van der Waals surface area contributed by atoms with Gasteiger partial charge in [0, 0.05) is 23.7 Å². The molecule has 7 heteroatoms. The van der Waals surface area contributed by atoms with Gasteiger partial charge in [-0.05, 0) is 18.6 Å². The van der Waals surface area contributed by atoms with Crippen LogP contribution in [0.5, 0.6) is 0 Å². The number of carbonyl (C=O) groups is 1. The van der Waals surface area contributed by atoms with E-state index in [1.807, 2.05) is 6.92 Å². The maximum atomic E-state index is 11.0. The Hall–Kier alpha value is -2.57. The van der Waals surface area contributed by atoms with E-state index < -0.39 is 10.9 Å². The molecular formula is C12H13N3O4. The van der Waals surface area contributed by atoms with Crippen LogP contribution < -0.4 is 5.32 Å². The number of aromatic nitrogens is 1. The zero-order valence-electron chi connectivity index (χ0n) is 10.3. The first-order chi connectivity index (χ1) is 9.04. The summed E-state index contributed by atoms with van der Waals surface area (Å²) >= 11 is 0. The molecule has 7 nitrogen and oxygen atoms in total. The van der Waals surface area contributed by atoms with Crippen LogP contribution in [0.3, 0.4) is 0 Å². The maximum absolute atomic E-state index is 11.0. The molecule has 0 aliphatic carbocycles. The quantitative estimate of drug-likeness (QED) is 0.567. The van der Waals surface area contributed by atoms with Crippen LogP contribution in [0.1, 0.15) is 23.8 Å². The fourth-order valence-corrected chi connectivity index (χ4v) is 1.89. The number of carboxylic acid groups (broad SMARTS) is 1. The van der Waals surface area contributed by atoms with E-state index in [0.29, 0.717) is 17.6 Å². The Kier molecular flexibility index (Phi) is 3.37. The Balaban J connectivity index is 2.63. The third kappa shape index (κ3) is 2.35. The number of aromatic carboxylic acids is 1. The zero-order valence-corrected chi connectivity index (χ0v) is 10.3. The van der Waals surface area contributed by atoms with E-state index in [2.05, 4.69) is 10.3 Å². The highest BCUT2D eigenvalue weighted by atomic mass is 16.6. The lowest BCUT2D eigenvalue weighted by molar-refractivity contribution is -0.383. The molecule has 1 aromatic heterocycles. The van der Waals surface area contributed by atoms with Gasteiger partial charge in [-0.25, -0.2) is 4.79 Å². The number of nitrogens with zero attached hydrogens (tertiary/aromatic N) is 1. The Labute approximate surface area is 108 Å². The molecule has 0 unspecified atom stereocenters. The molecule has 2 aromatic rings. The van der Waals surface area contributed by atoms with Gasteiger partial charge in [0.15, 0.2) is 0 Å². The molecule has 0 spiro atoms. The smallest absolute Gasteiger partial charge is 0.352 e. The van der Waals surface area contributed by atoms with E-state index in [9.17, 15) is 14.9 Å². The number of fused-ring (bicyclic) bond motifs is 1. The second kappa shape index (κ2) is 4.97. The van der Waals surface area contributed by atoms with E-state index in [-0.39, 0.29) is 16.9 Å². The first kappa shape index (κ1) is 12.9. The van der Waals surface area contributed by atoms with Crippen molar-refractivity contribution >= 4 is 28.2 Å². The third-order valence-corrected chi connectivity index (χ3v) is 2.76. The van der Waals surface area contributed by atoms with Crippen molar-refractivity contribution in [3.63, 3.8) is 0 Å². The summed E-state index contributed by atoms with van der Waals surface area (Å²) in [6, 6.07) is 4.36. The lowest BCUT2D eigenvalue weighted by Gasteiger charge is -2.06. The van der Waals surface area contributed by atoms with Gasteiger partial charge in [0.1, 0.15) is 11.2 Å². The molecule has 100 valence electrons. The molecular weight excluding hydrogens is 250 g/mol. The minimum atomic E-state index is -1.15. The Morgan fingerprint density at radius 1 is 1.53 bits per heavy atom. The highest BCUT2D eigenvalue weighted by Gasteiger charge is 2.19. The van der Waals surface area contributed by atoms with Gasteiger partial charge in [-0.3, -0.25) is 10.1 Å². The van der Waals surface area contributed by atoms with Gasteiger partial charge in [-0.1, -0.05) is 6.92 Å². The van der Waals surface area contributed by atoms with Gasteiger partial charge in [0.2, 0.25) is 0 Å². The van der Waals surface area contributed by atoms with E-state index in [1.54, 1.807) is 6.07 Å². The molecule has 0 bridgehead atoms. The van der Waals surface area contributed by atoms with Crippen LogP contribution in [0.15, 0.2) is 18.2 Å². The van der Waals surface area contributed by atoms with Crippen molar-refractivity contribution in [2.45, 2.75) is 13.3 Å². The predicted molar refractivity (Wildman–Crippen MR) is 70.7 cm³/mol. The first-order valence-electron chi connectivity index (χ1n) is 5.82. The van der Waals surface area contributed by atoms with Crippen molar-refractivity contribution in [2.75, 3.05) is 11.9 Å². The number of hydrogen-bond donors (Lipinski definition) is 3. The lowest BCUT2D eigenvalue weighted by atomic mass is 10.2. The molecule has 1 aromatic carbocycles. The summed E-state index contributed by atoms with van der Waals surface area (Å²) in [6.07, 6.45) is 0.898. The lowest BCUT2D eigenvalue weighted by Crippen LogP contribution is -2.00. The van der Waals surface area contributed by atoms with Gasteiger partial charge >= 0.3 is 5.97 Å². The average Bonchev–Trinajstić information content (AvgIpc) is 2.80. The highest BCUT2D eigenvalue weighted by Crippen LogP contribution is 2.31. The van der Waals surface area contributed by atoms with Crippen LogP contribution >= 0.6 is 0 Å². The minimum absolute atomic E-state index is 0.0659. The van der Waals surface area contributed by atoms with Gasteiger partial charge < -0.3 is 15.4 Å². The number of nitro benzene ring substituents is 1. The summed E-state index contributed by atoms with van der Waals surface area (Å²) < 4.78 is 0. The number of benzene rings is 1. The van der Waals surface area contributed by atoms with Crippen LogP contribution in [-0.4, -0.2) is 27.5 Å². The molecule has 0 amide bonds. The molecule has 2 rings (SSSR count). The standard InChI is InChI=1S/C12H13N3O4/c1-2-5-13-8-3-4-10(15(18)19)11-7(8)6-9(14-11)12(16)17/h3-4,6,13-14H,2,5H2,1H3,(H,16,17). The number of nitro groups is 1. The van der Waals surface area contributed by atoms with Crippen molar-refractivity contribution in [1.29, 1.82) is 0 Å².